The number of ketones is 1. The highest BCUT2D eigenvalue weighted by atomic mass is 16.6. The maximum atomic E-state index is 12.4. The summed E-state index contributed by atoms with van der Waals surface area (Å²) in [6.45, 7) is -0.0551. The molecule has 0 aliphatic carbocycles. The number of rotatable bonds is 6. The van der Waals surface area contributed by atoms with Gasteiger partial charge in [0.1, 0.15) is 23.9 Å². The molecule has 0 bridgehead atoms. The molecular formula is C22H16O6. The lowest BCUT2D eigenvalue weighted by Crippen LogP contribution is -2.14. The summed E-state index contributed by atoms with van der Waals surface area (Å²) in [6.07, 6.45) is 3.05. The van der Waals surface area contributed by atoms with Gasteiger partial charge in [0.15, 0.2) is 12.4 Å². The summed E-state index contributed by atoms with van der Waals surface area (Å²) in [6, 6.07) is 17.6. The molecule has 140 valence electrons. The molecule has 6 nitrogen and oxygen atoms in total. The van der Waals surface area contributed by atoms with Crippen LogP contribution >= 0.6 is 0 Å². The lowest BCUT2D eigenvalue weighted by Gasteiger charge is -2.08. The van der Waals surface area contributed by atoms with Crippen LogP contribution in [0.2, 0.25) is 0 Å². The predicted octanol–water partition coefficient (Wildman–Crippen LogP) is 4.02. The number of hydrogen-bond acceptors (Lipinski definition) is 6. The summed E-state index contributed by atoms with van der Waals surface area (Å²) >= 11 is 0. The first-order valence-electron chi connectivity index (χ1n) is 8.63. The van der Waals surface area contributed by atoms with Crippen molar-refractivity contribution in [1.29, 1.82) is 0 Å². The standard InChI is InChI=1S/C22H16O6/c23-21(27-13-15-5-2-1-3-6-15)14-26-17-8-9-18-19(11-17)28-20(22(18)24)12-16-7-4-10-25-16/h1-12H,13-14H2. The molecule has 2 heterocycles. The highest BCUT2D eigenvalue weighted by Gasteiger charge is 2.28. The maximum Gasteiger partial charge on any atom is 0.344 e. The van der Waals surface area contributed by atoms with Gasteiger partial charge >= 0.3 is 5.97 Å². The van der Waals surface area contributed by atoms with E-state index < -0.39 is 5.97 Å². The average Bonchev–Trinajstić information content (AvgIpc) is 3.34. The molecule has 4 rings (SSSR count). The van der Waals surface area contributed by atoms with Crippen LogP contribution in [0.4, 0.5) is 0 Å². The molecule has 0 saturated heterocycles. The highest BCUT2D eigenvalue weighted by molar-refractivity contribution is 6.14. The molecule has 0 saturated carbocycles. The molecule has 1 aliphatic heterocycles. The molecule has 1 aromatic heterocycles. The SMILES string of the molecule is O=C(COc1ccc2c(c1)OC(=Cc1ccco1)C2=O)OCc1ccccc1. The molecule has 3 aromatic rings. The van der Waals surface area contributed by atoms with E-state index in [-0.39, 0.29) is 24.8 Å². The van der Waals surface area contributed by atoms with Crippen LogP contribution in [0.1, 0.15) is 21.7 Å². The van der Waals surface area contributed by atoms with Gasteiger partial charge in [0.2, 0.25) is 5.78 Å². The summed E-state index contributed by atoms with van der Waals surface area (Å²) < 4.78 is 21.4. The van der Waals surface area contributed by atoms with Crippen molar-refractivity contribution in [3.63, 3.8) is 0 Å². The van der Waals surface area contributed by atoms with Gasteiger partial charge in [-0.2, -0.15) is 0 Å². The first-order chi connectivity index (χ1) is 13.7. The third kappa shape index (κ3) is 3.96. The largest absolute Gasteiger partial charge is 0.482 e. The van der Waals surface area contributed by atoms with E-state index in [1.165, 1.54) is 12.3 Å². The zero-order chi connectivity index (χ0) is 19.3. The number of carbonyl (C=O) groups excluding carboxylic acids is 2. The minimum absolute atomic E-state index is 0.171. The van der Waals surface area contributed by atoms with Gasteiger partial charge in [-0.25, -0.2) is 4.79 Å². The van der Waals surface area contributed by atoms with Crippen LogP contribution in [0, 0.1) is 0 Å². The smallest absolute Gasteiger partial charge is 0.344 e. The first-order valence-corrected chi connectivity index (χ1v) is 8.63. The maximum absolute atomic E-state index is 12.4. The Bertz CT molecular complexity index is 1020. The molecule has 0 amide bonds. The molecule has 2 aromatic carbocycles. The zero-order valence-corrected chi connectivity index (χ0v) is 14.8. The van der Waals surface area contributed by atoms with Crippen LogP contribution in [-0.2, 0) is 16.1 Å². The predicted molar refractivity (Wildman–Crippen MR) is 99.8 cm³/mol. The Morgan fingerprint density at radius 2 is 1.89 bits per heavy atom. The molecule has 0 spiro atoms. The van der Waals surface area contributed by atoms with Gasteiger partial charge in [-0.3, -0.25) is 4.79 Å². The number of carbonyl (C=O) groups is 2. The summed E-state index contributed by atoms with van der Waals surface area (Å²) in [5.74, 6) is 0.749. The molecular weight excluding hydrogens is 360 g/mol. The number of esters is 1. The summed E-state index contributed by atoms with van der Waals surface area (Å²) in [7, 11) is 0. The van der Waals surface area contributed by atoms with E-state index >= 15 is 0 Å². The van der Waals surface area contributed by atoms with E-state index in [4.69, 9.17) is 18.6 Å². The third-order valence-corrected chi connectivity index (χ3v) is 4.06. The minimum Gasteiger partial charge on any atom is -0.482 e. The Morgan fingerprint density at radius 1 is 1.04 bits per heavy atom. The van der Waals surface area contributed by atoms with Crippen molar-refractivity contribution in [2.24, 2.45) is 0 Å². The quantitative estimate of drug-likeness (QED) is 0.478. The molecule has 0 atom stereocenters. The van der Waals surface area contributed by atoms with E-state index in [0.717, 1.165) is 5.56 Å². The number of ether oxygens (including phenoxy) is 3. The Balaban J connectivity index is 1.35. The van der Waals surface area contributed by atoms with Gasteiger partial charge in [0.25, 0.3) is 0 Å². The Morgan fingerprint density at radius 3 is 2.68 bits per heavy atom. The van der Waals surface area contributed by atoms with E-state index in [2.05, 4.69) is 0 Å². The molecule has 0 radical (unpaired) electrons. The number of Topliss-reactive ketones (excluding diaryl/α,β-unsaturated/α-hetero) is 1. The van der Waals surface area contributed by atoms with Gasteiger partial charge in [0, 0.05) is 12.1 Å². The van der Waals surface area contributed by atoms with Gasteiger partial charge in [-0.1, -0.05) is 30.3 Å². The van der Waals surface area contributed by atoms with Crippen molar-refractivity contribution in [2.45, 2.75) is 6.61 Å². The van der Waals surface area contributed by atoms with E-state index in [1.54, 1.807) is 30.3 Å². The number of hydrogen-bond donors (Lipinski definition) is 0. The summed E-state index contributed by atoms with van der Waals surface area (Å²) in [5, 5.41) is 0. The fraction of sp³-hybridized carbons (Fsp3) is 0.0909. The molecule has 0 fully saturated rings. The second-order valence-electron chi connectivity index (χ2n) is 6.05. The average molecular weight is 376 g/mol. The van der Waals surface area contributed by atoms with Crippen molar-refractivity contribution in [3.8, 4) is 11.5 Å². The van der Waals surface area contributed by atoms with Crippen LogP contribution < -0.4 is 9.47 Å². The Labute approximate surface area is 160 Å². The third-order valence-electron chi connectivity index (χ3n) is 4.06. The summed E-state index contributed by atoms with van der Waals surface area (Å²) in [4.78, 5) is 24.2. The normalized spacial score (nSPS) is 13.9. The topological polar surface area (TPSA) is 75.0 Å². The van der Waals surface area contributed by atoms with Crippen LogP contribution in [0.25, 0.3) is 6.08 Å². The van der Waals surface area contributed by atoms with Gasteiger partial charge < -0.3 is 18.6 Å². The van der Waals surface area contributed by atoms with Gasteiger partial charge in [-0.05, 0) is 29.8 Å². The minimum atomic E-state index is -0.486. The van der Waals surface area contributed by atoms with Gasteiger partial charge in [0.05, 0.1) is 11.8 Å². The highest BCUT2D eigenvalue weighted by Crippen LogP contribution is 2.34. The number of furan rings is 1. The Kier molecular flexibility index (Phi) is 4.93. The van der Waals surface area contributed by atoms with Crippen LogP contribution in [0.5, 0.6) is 11.5 Å². The van der Waals surface area contributed by atoms with Crippen LogP contribution in [0.15, 0.2) is 77.1 Å². The van der Waals surface area contributed by atoms with Gasteiger partial charge in [-0.15, -0.1) is 0 Å². The lowest BCUT2D eigenvalue weighted by molar-refractivity contribution is -0.147. The lowest BCUT2D eigenvalue weighted by atomic mass is 10.1. The fourth-order valence-corrected chi connectivity index (χ4v) is 2.68. The zero-order valence-electron chi connectivity index (χ0n) is 14.8. The fourth-order valence-electron chi connectivity index (χ4n) is 2.68. The number of allylic oxidation sites excluding steroid dienone is 1. The molecule has 0 unspecified atom stereocenters. The van der Waals surface area contributed by atoms with Crippen molar-refractivity contribution < 1.29 is 28.2 Å². The molecule has 6 heteroatoms. The van der Waals surface area contributed by atoms with Crippen molar-refractivity contribution in [2.75, 3.05) is 6.61 Å². The number of fused-ring (bicyclic) bond motifs is 1. The van der Waals surface area contributed by atoms with E-state index in [1.807, 2.05) is 30.3 Å². The second kappa shape index (κ2) is 7.84. The molecule has 28 heavy (non-hydrogen) atoms. The first kappa shape index (κ1) is 17.6. The van der Waals surface area contributed by atoms with Crippen molar-refractivity contribution in [1.82, 2.24) is 0 Å². The van der Waals surface area contributed by atoms with Crippen molar-refractivity contribution >= 4 is 17.8 Å². The Hall–Kier alpha value is -3.80. The molecule has 1 aliphatic rings. The van der Waals surface area contributed by atoms with E-state index in [0.29, 0.717) is 22.8 Å². The number of benzene rings is 2. The van der Waals surface area contributed by atoms with E-state index in [9.17, 15) is 9.59 Å². The van der Waals surface area contributed by atoms with Crippen LogP contribution in [-0.4, -0.2) is 18.4 Å². The van der Waals surface area contributed by atoms with Crippen LogP contribution in [0.3, 0.4) is 0 Å². The molecule has 0 N–H and O–H groups in total. The van der Waals surface area contributed by atoms with Crippen molar-refractivity contribution in [3.05, 3.63) is 89.6 Å². The summed E-state index contributed by atoms with van der Waals surface area (Å²) in [5.41, 5.74) is 1.33. The second-order valence-corrected chi connectivity index (χ2v) is 6.05. The monoisotopic (exact) mass is 376 g/mol.